The van der Waals surface area contributed by atoms with Crippen molar-refractivity contribution in [1.82, 2.24) is 4.90 Å². The second-order valence-corrected chi connectivity index (χ2v) is 3.97. The van der Waals surface area contributed by atoms with Crippen LogP contribution in [0.3, 0.4) is 0 Å². The van der Waals surface area contributed by atoms with E-state index in [2.05, 4.69) is 6.92 Å². The summed E-state index contributed by atoms with van der Waals surface area (Å²) in [6.07, 6.45) is 0. The first-order valence-electron chi connectivity index (χ1n) is 4.29. The molecular weight excluding hydrogens is 138 g/mol. The Balaban J connectivity index is 2.80. The van der Waals surface area contributed by atoms with Crippen LogP contribution >= 0.6 is 0 Å². The van der Waals surface area contributed by atoms with Crippen molar-refractivity contribution in [3.63, 3.8) is 0 Å². The summed E-state index contributed by atoms with van der Waals surface area (Å²) in [5.41, 5.74) is -0.129. The van der Waals surface area contributed by atoms with E-state index in [1.165, 1.54) is 0 Å². The van der Waals surface area contributed by atoms with Crippen molar-refractivity contribution in [2.45, 2.75) is 27.7 Å². The van der Waals surface area contributed by atoms with Gasteiger partial charge in [0.05, 0.1) is 0 Å². The van der Waals surface area contributed by atoms with E-state index in [1.807, 2.05) is 25.7 Å². The van der Waals surface area contributed by atoms with Crippen LogP contribution in [0.1, 0.15) is 27.7 Å². The molecule has 0 radical (unpaired) electrons. The van der Waals surface area contributed by atoms with Crippen LogP contribution in [0.15, 0.2) is 0 Å². The highest BCUT2D eigenvalue weighted by molar-refractivity contribution is 5.84. The fourth-order valence-corrected chi connectivity index (χ4v) is 1.53. The maximum absolute atomic E-state index is 11.6. The summed E-state index contributed by atoms with van der Waals surface area (Å²) in [4.78, 5) is 13.5. The van der Waals surface area contributed by atoms with Crippen LogP contribution in [0, 0.1) is 11.3 Å². The lowest BCUT2D eigenvalue weighted by molar-refractivity contribution is -0.134. The van der Waals surface area contributed by atoms with Gasteiger partial charge in [-0.1, -0.05) is 20.8 Å². The molecule has 0 aromatic carbocycles. The Morgan fingerprint density at radius 1 is 1.64 bits per heavy atom. The van der Waals surface area contributed by atoms with Crippen molar-refractivity contribution in [1.29, 1.82) is 0 Å². The van der Waals surface area contributed by atoms with Crippen LogP contribution in [-0.2, 0) is 4.79 Å². The van der Waals surface area contributed by atoms with Crippen LogP contribution in [0.25, 0.3) is 0 Å². The van der Waals surface area contributed by atoms with Gasteiger partial charge in [0.25, 0.3) is 0 Å². The number of carbonyl (C=O) groups is 1. The Morgan fingerprint density at radius 3 is 2.36 bits per heavy atom. The molecule has 1 fully saturated rings. The minimum atomic E-state index is -0.129. The van der Waals surface area contributed by atoms with Crippen molar-refractivity contribution in [2.75, 3.05) is 13.1 Å². The first-order valence-corrected chi connectivity index (χ1v) is 4.29. The number of hydrogen-bond donors (Lipinski definition) is 0. The summed E-state index contributed by atoms with van der Waals surface area (Å²) in [5.74, 6) is 0.808. The fourth-order valence-electron chi connectivity index (χ4n) is 1.53. The molecule has 1 atom stereocenters. The second kappa shape index (κ2) is 2.50. The van der Waals surface area contributed by atoms with Crippen LogP contribution < -0.4 is 0 Å². The molecule has 0 N–H and O–H groups in total. The van der Waals surface area contributed by atoms with Crippen LogP contribution in [0.5, 0.6) is 0 Å². The molecule has 1 heterocycles. The van der Waals surface area contributed by atoms with E-state index < -0.39 is 0 Å². The van der Waals surface area contributed by atoms with E-state index in [9.17, 15) is 4.79 Å². The van der Waals surface area contributed by atoms with E-state index in [0.717, 1.165) is 13.1 Å². The smallest absolute Gasteiger partial charge is 0.228 e. The normalized spacial score (nSPS) is 29.6. The van der Waals surface area contributed by atoms with Gasteiger partial charge in [0.1, 0.15) is 0 Å². The van der Waals surface area contributed by atoms with E-state index in [1.54, 1.807) is 0 Å². The number of nitrogens with zero attached hydrogens (tertiary/aromatic N) is 1. The number of hydrogen-bond acceptors (Lipinski definition) is 1. The third kappa shape index (κ3) is 1.15. The first-order chi connectivity index (χ1) is 5.00. The summed E-state index contributed by atoms with van der Waals surface area (Å²) >= 11 is 0. The van der Waals surface area contributed by atoms with E-state index in [4.69, 9.17) is 0 Å². The largest absolute Gasteiger partial charge is 0.342 e. The lowest BCUT2D eigenvalue weighted by Gasteiger charge is -2.19. The molecule has 11 heavy (non-hydrogen) atoms. The number of rotatable bonds is 1. The molecule has 0 aliphatic carbocycles. The Morgan fingerprint density at radius 2 is 2.18 bits per heavy atom. The van der Waals surface area contributed by atoms with Crippen molar-refractivity contribution in [3.8, 4) is 0 Å². The molecule has 1 amide bonds. The molecule has 0 saturated carbocycles. The Bertz CT molecular complexity index is 174. The third-order valence-electron chi connectivity index (χ3n) is 2.95. The predicted octanol–water partition coefficient (Wildman–Crippen LogP) is 1.51. The molecular formula is C9H17NO. The quantitative estimate of drug-likeness (QED) is 0.562. The van der Waals surface area contributed by atoms with Gasteiger partial charge >= 0.3 is 0 Å². The molecule has 1 unspecified atom stereocenters. The Hall–Kier alpha value is -0.530. The zero-order valence-corrected chi connectivity index (χ0v) is 7.85. The van der Waals surface area contributed by atoms with E-state index in [0.29, 0.717) is 11.8 Å². The molecule has 64 valence electrons. The zero-order chi connectivity index (χ0) is 8.65. The van der Waals surface area contributed by atoms with Gasteiger partial charge in [0, 0.05) is 18.5 Å². The van der Waals surface area contributed by atoms with E-state index in [-0.39, 0.29) is 5.41 Å². The lowest BCUT2D eigenvalue weighted by atomic mass is 9.83. The van der Waals surface area contributed by atoms with Gasteiger partial charge in [-0.2, -0.15) is 0 Å². The van der Waals surface area contributed by atoms with Gasteiger partial charge in [-0.15, -0.1) is 0 Å². The summed E-state index contributed by atoms with van der Waals surface area (Å²) in [6.45, 7) is 10.0. The van der Waals surface area contributed by atoms with Gasteiger partial charge in [-0.05, 0) is 12.8 Å². The summed E-state index contributed by atoms with van der Waals surface area (Å²) < 4.78 is 0. The molecule has 1 saturated heterocycles. The second-order valence-electron chi connectivity index (χ2n) is 3.97. The molecule has 0 spiro atoms. The molecule has 1 aliphatic rings. The minimum absolute atomic E-state index is 0.129. The zero-order valence-electron chi connectivity index (χ0n) is 7.85. The summed E-state index contributed by atoms with van der Waals surface area (Å²) in [5, 5.41) is 0. The van der Waals surface area contributed by atoms with Gasteiger partial charge in [0.2, 0.25) is 5.91 Å². The van der Waals surface area contributed by atoms with Crippen molar-refractivity contribution < 1.29 is 4.79 Å². The molecule has 0 aromatic rings. The van der Waals surface area contributed by atoms with E-state index >= 15 is 0 Å². The van der Waals surface area contributed by atoms with Gasteiger partial charge in [0.15, 0.2) is 0 Å². The number of amides is 1. The molecule has 1 aliphatic heterocycles. The molecule has 1 rings (SSSR count). The Kier molecular flexibility index (Phi) is 1.95. The highest BCUT2D eigenvalue weighted by atomic mass is 16.2. The van der Waals surface area contributed by atoms with Crippen molar-refractivity contribution in [2.24, 2.45) is 11.3 Å². The summed E-state index contributed by atoms with van der Waals surface area (Å²) in [7, 11) is 0. The van der Waals surface area contributed by atoms with Crippen molar-refractivity contribution >= 4 is 5.91 Å². The van der Waals surface area contributed by atoms with Crippen molar-refractivity contribution in [3.05, 3.63) is 0 Å². The average molecular weight is 155 g/mol. The molecule has 0 bridgehead atoms. The molecule has 2 nitrogen and oxygen atoms in total. The lowest BCUT2D eigenvalue weighted by Crippen LogP contribution is -2.31. The fraction of sp³-hybridized carbons (Fsp3) is 0.889. The van der Waals surface area contributed by atoms with Crippen LogP contribution in [0.2, 0.25) is 0 Å². The van der Waals surface area contributed by atoms with Crippen LogP contribution in [-0.4, -0.2) is 23.9 Å². The highest BCUT2D eigenvalue weighted by Crippen LogP contribution is 2.35. The van der Waals surface area contributed by atoms with Gasteiger partial charge in [-0.25, -0.2) is 0 Å². The maximum Gasteiger partial charge on any atom is 0.228 e. The predicted molar refractivity (Wildman–Crippen MR) is 45.2 cm³/mol. The number of carbonyl (C=O) groups excluding carboxylic acids is 1. The van der Waals surface area contributed by atoms with Gasteiger partial charge in [-0.3, -0.25) is 4.79 Å². The third-order valence-corrected chi connectivity index (χ3v) is 2.95. The monoisotopic (exact) mass is 155 g/mol. The van der Waals surface area contributed by atoms with Gasteiger partial charge < -0.3 is 4.90 Å². The highest BCUT2D eigenvalue weighted by Gasteiger charge is 2.43. The molecule has 0 aromatic heterocycles. The average Bonchev–Trinajstić information content (AvgIpc) is 2.14. The molecule has 2 heteroatoms. The Labute approximate surface area is 68.6 Å². The standard InChI is InChI=1S/C9H17NO/c1-5-10-6-7(2)9(3,4)8(10)11/h7H,5-6H2,1-4H3. The number of likely N-dealkylation sites (tertiary alicyclic amines) is 1. The maximum atomic E-state index is 11.6. The SMILES string of the molecule is CCN1CC(C)C(C)(C)C1=O. The minimum Gasteiger partial charge on any atom is -0.342 e. The summed E-state index contributed by atoms with van der Waals surface area (Å²) in [6, 6.07) is 0. The first kappa shape index (κ1) is 8.57. The van der Waals surface area contributed by atoms with Crippen LogP contribution in [0.4, 0.5) is 0 Å². The topological polar surface area (TPSA) is 20.3 Å².